The zero-order valence-corrected chi connectivity index (χ0v) is 41.6. The van der Waals surface area contributed by atoms with E-state index in [9.17, 15) is 28.8 Å². The Kier molecular flexibility index (Phi) is 18.0. The Bertz CT molecular complexity index is 2360. The van der Waals surface area contributed by atoms with E-state index >= 15 is 0 Å². The maximum Gasteiger partial charge on any atom is 0.324 e. The summed E-state index contributed by atoms with van der Waals surface area (Å²) in [5.74, 6) is -0.234. The number of aromatic amines is 2. The molecule has 8 rings (SSSR count). The molecule has 2 aromatic heterocycles. The number of rotatable bonds is 20. The zero-order valence-electron chi connectivity index (χ0n) is 41.6. The molecule has 376 valence electrons. The second-order valence-corrected chi connectivity index (χ2v) is 19.4. The molecule has 0 unspecified atom stereocenters. The molecular formula is C54H74N10O6. The molecule has 16 heteroatoms. The SMILES string of the molecule is C=CCN1C[C@H](C(=O)N(CCCNCC(C)=O)C(=O)NCC)C[C@@H]2c3cccc4[nH]cc(c34)C[C@H]21.C=CCN1C[C@H](C(=O)N(CCCNCC(C)=O)C(=O)NCC)C[C@@H]2c3cccc4[nH]cc(c34)C[C@H]21. The molecule has 16 nitrogen and oxygen atoms in total. The third-order valence-electron chi connectivity index (χ3n) is 14.5. The third kappa shape index (κ3) is 11.8. The molecule has 4 heterocycles. The van der Waals surface area contributed by atoms with Crippen molar-refractivity contribution in [3.05, 3.63) is 96.4 Å². The van der Waals surface area contributed by atoms with Crippen LogP contribution in [0.1, 0.15) is 87.5 Å². The van der Waals surface area contributed by atoms with Crippen molar-refractivity contribution in [2.24, 2.45) is 11.8 Å². The highest BCUT2D eigenvalue weighted by atomic mass is 16.2. The van der Waals surface area contributed by atoms with Crippen molar-refractivity contribution in [2.45, 2.75) is 90.1 Å². The quantitative estimate of drug-likeness (QED) is 0.0478. The lowest BCUT2D eigenvalue weighted by molar-refractivity contribution is -0.136. The fourth-order valence-electron chi connectivity index (χ4n) is 11.5. The van der Waals surface area contributed by atoms with Gasteiger partial charge in [0.1, 0.15) is 11.6 Å². The molecule has 0 saturated carbocycles. The summed E-state index contributed by atoms with van der Waals surface area (Å²) in [5, 5.41) is 14.3. The molecule has 6 N–H and O–H groups in total. The van der Waals surface area contributed by atoms with Crippen LogP contribution in [0.3, 0.4) is 0 Å². The number of ketones is 2. The summed E-state index contributed by atoms with van der Waals surface area (Å²) in [7, 11) is 0. The van der Waals surface area contributed by atoms with Gasteiger partial charge in [-0.2, -0.15) is 0 Å². The highest BCUT2D eigenvalue weighted by Gasteiger charge is 2.45. The van der Waals surface area contributed by atoms with Gasteiger partial charge in [0.25, 0.3) is 0 Å². The summed E-state index contributed by atoms with van der Waals surface area (Å²) >= 11 is 0. The Hall–Kier alpha value is -5.94. The van der Waals surface area contributed by atoms with E-state index in [0.717, 1.165) is 36.7 Å². The van der Waals surface area contributed by atoms with Crippen LogP contribution >= 0.6 is 0 Å². The molecule has 2 saturated heterocycles. The number of carbonyl (C=O) groups excluding carboxylic acids is 6. The number of imide groups is 2. The predicted octanol–water partition coefficient (Wildman–Crippen LogP) is 5.62. The van der Waals surface area contributed by atoms with Gasteiger partial charge >= 0.3 is 12.1 Å². The van der Waals surface area contributed by atoms with Crippen molar-refractivity contribution in [3.63, 3.8) is 0 Å². The fourth-order valence-corrected chi connectivity index (χ4v) is 11.5. The maximum absolute atomic E-state index is 13.8. The van der Waals surface area contributed by atoms with Crippen LogP contribution < -0.4 is 21.3 Å². The topological polar surface area (TPSA) is 195 Å². The molecule has 2 aliphatic heterocycles. The molecule has 2 aromatic carbocycles. The predicted molar refractivity (Wildman–Crippen MR) is 275 cm³/mol. The Labute approximate surface area is 412 Å². The number of Topliss-reactive ketones (excluding diaryl/α,β-unsaturated/α-hetero) is 2. The number of hydrogen-bond donors (Lipinski definition) is 6. The van der Waals surface area contributed by atoms with Gasteiger partial charge in [0.05, 0.1) is 24.9 Å². The van der Waals surface area contributed by atoms with Crippen molar-refractivity contribution < 1.29 is 28.8 Å². The van der Waals surface area contributed by atoms with Crippen molar-refractivity contribution in [1.29, 1.82) is 0 Å². The number of fused-ring (bicyclic) bond motifs is 4. The lowest BCUT2D eigenvalue weighted by Crippen LogP contribution is -2.55. The first kappa shape index (κ1) is 51.9. The van der Waals surface area contributed by atoms with E-state index in [4.69, 9.17) is 0 Å². The van der Waals surface area contributed by atoms with E-state index in [1.165, 1.54) is 56.7 Å². The lowest BCUT2D eigenvalue weighted by atomic mass is 9.72. The molecule has 0 bridgehead atoms. The van der Waals surface area contributed by atoms with Crippen LogP contribution in [0.25, 0.3) is 21.8 Å². The first-order valence-electron chi connectivity index (χ1n) is 25.3. The maximum atomic E-state index is 13.8. The van der Waals surface area contributed by atoms with Crippen LogP contribution in [0, 0.1) is 11.8 Å². The van der Waals surface area contributed by atoms with Crippen molar-refractivity contribution >= 4 is 57.2 Å². The minimum absolute atomic E-state index is 0.0637. The van der Waals surface area contributed by atoms with E-state index in [1.54, 1.807) is 0 Å². The average Bonchev–Trinajstić information content (AvgIpc) is 3.97. The Morgan fingerprint density at radius 2 is 1.07 bits per heavy atom. The number of benzene rings is 2. The summed E-state index contributed by atoms with van der Waals surface area (Å²) in [6.07, 6.45) is 12.6. The van der Waals surface area contributed by atoms with Gasteiger partial charge in [0.15, 0.2) is 0 Å². The van der Waals surface area contributed by atoms with Crippen LogP contribution in [0.5, 0.6) is 0 Å². The number of aromatic nitrogens is 2. The van der Waals surface area contributed by atoms with Gasteiger partial charge in [0, 0.05) is 110 Å². The minimum Gasteiger partial charge on any atom is -0.361 e. The number of nitrogens with zero attached hydrogens (tertiary/aromatic N) is 4. The Balaban J connectivity index is 0.000000206. The van der Waals surface area contributed by atoms with Gasteiger partial charge < -0.3 is 31.2 Å². The Morgan fingerprint density at radius 3 is 1.44 bits per heavy atom. The van der Waals surface area contributed by atoms with Crippen LogP contribution in [0.15, 0.2) is 74.1 Å². The molecule has 6 atom stereocenters. The molecule has 70 heavy (non-hydrogen) atoms. The highest BCUT2D eigenvalue weighted by Crippen LogP contribution is 2.46. The first-order valence-corrected chi connectivity index (χ1v) is 25.3. The third-order valence-corrected chi connectivity index (χ3v) is 14.5. The van der Waals surface area contributed by atoms with E-state index in [0.29, 0.717) is 103 Å². The van der Waals surface area contributed by atoms with Gasteiger partial charge in [-0.15, -0.1) is 13.2 Å². The summed E-state index contributed by atoms with van der Waals surface area (Å²) in [6, 6.07) is 12.7. The molecule has 4 aliphatic rings. The Morgan fingerprint density at radius 1 is 0.657 bits per heavy atom. The number of nitrogens with one attached hydrogen (secondary N) is 6. The van der Waals surface area contributed by atoms with Crippen LogP contribution in [-0.4, -0.2) is 156 Å². The molecular weight excluding hydrogens is 885 g/mol. The second-order valence-electron chi connectivity index (χ2n) is 19.4. The standard InChI is InChI=1S/2C27H37N5O3/c2*1-4-11-31-17-20(26(34)32(27(35)29-5-2)12-7-10-28-15-18(3)33)13-22-21-8-6-9-23-25(21)19(16-30-23)14-24(22)31/h2*4,6,8-9,16,20,22,24,28,30H,1,5,7,10-15,17H2,2-3H3,(H,29,35)/t2*20-,22-,24-/m11/s1. The number of likely N-dealkylation sites (tertiary alicyclic amines) is 2. The van der Waals surface area contributed by atoms with Crippen molar-refractivity contribution in [2.75, 3.05) is 78.5 Å². The highest BCUT2D eigenvalue weighted by molar-refractivity contribution is 5.97. The number of amides is 6. The van der Waals surface area contributed by atoms with Crippen LogP contribution in [0.2, 0.25) is 0 Å². The van der Waals surface area contributed by atoms with Gasteiger partial charge in [-0.3, -0.25) is 38.8 Å². The van der Waals surface area contributed by atoms with Gasteiger partial charge in [-0.1, -0.05) is 36.4 Å². The summed E-state index contributed by atoms with van der Waals surface area (Å²) in [5.41, 5.74) is 7.53. The smallest absolute Gasteiger partial charge is 0.324 e. The van der Waals surface area contributed by atoms with Gasteiger partial charge in [-0.25, -0.2) is 9.59 Å². The van der Waals surface area contributed by atoms with Gasteiger partial charge in [-0.05, 0) is 114 Å². The summed E-state index contributed by atoms with van der Waals surface area (Å²) in [4.78, 5) is 89.9. The van der Waals surface area contributed by atoms with E-state index in [1.807, 2.05) is 26.0 Å². The second kappa shape index (κ2) is 24.3. The monoisotopic (exact) mass is 959 g/mol. The molecule has 4 aromatic rings. The number of H-pyrrole nitrogens is 2. The van der Waals surface area contributed by atoms with Gasteiger partial charge in [0.2, 0.25) is 11.8 Å². The normalized spacial score (nSPS) is 21.4. The molecule has 0 spiro atoms. The lowest BCUT2D eigenvalue weighted by Gasteiger charge is -2.47. The number of piperidine rings is 2. The summed E-state index contributed by atoms with van der Waals surface area (Å²) < 4.78 is 0. The minimum atomic E-state index is -0.347. The molecule has 2 fully saturated rings. The van der Waals surface area contributed by atoms with Crippen molar-refractivity contribution in [3.8, 4) is 0 Å². The number of carbonyl (C=O) groups is 6. The van der Waals surface area contributed by atoms with Crippen LogP contribution in [-0.2, 0) is 32.0 Å². The summed E-state index contributed by atoms with van der Waals surface area (Å²) in [6.45, 7) is 20.6. The van der Waals surface area contributed by atoms with Crippen molar-refractivity contribution in [1.82, 2.24) is 50.8 Å². The van der Waals surface area contributed by atoms with E-state index in [-0.39, 0.29) is 59.1 Å². The zero-order chi connectivity index (χ0) is 49.9. The largest absolute Gasteiger partial charge is 0.361 e. The fraction of sp³-hybridized carbons (Fsp3) is 0.519. The van der Waals surface area contributed by atoms with E-state index in [2.05, 4.69) is 103 Å². The van der Waals surface area contributed by atoms with Crippen LogP contribution in [0.4, 0.5) is 9.59 Å². The average molecular weight is 959 g/mol. The van der Waals surface area contributed by atoms with E-state index < -0.39 is 0 Å². The number of hydrogen-bond acceptors (Lipinski definition) is 10. The first-order chi connectivity index (χ1) is 33.9. The molecule has 2 aliphatic carbocycles. The molecule has 0 radical (unpaired) electrons. The molecule has 6 amide bonds. The number of urea groups is 2.